The fraction of sp³-hybridized carbons (Fsp3) is 0.0625. The maximum absolute atomic E-state index is 5.90. The molecule has 0 N–H and O–H groups in total. The van der Waals surface area contributed by atoms with E-state index in [1.165, 1.54) is 0 Å². The lowest BCUT2D eigenvalue weighted by atomic mass is 10.1. The van der Waals surface area contributed by atoms with Gasteiger partial charge < -0.3 is 4.74 Å². The zero-order valence-corrected chi connectivity index (χ0v) is 13.1. The van der Waals surface area contributed by atoms with Crippen LogP contribution in [0.5, 0.6) is 11.5 Å². The standard InChI is InChI=1S/C16H11BrClNO/c1-10-9-19-16(18)8-15(10)20-14-5-3-11-6-13(17)4-2-12(11)7-14/h2-9H,1H3. The first-order valence-corrected chi connectivity index (χ1v) is 7.28. The van der Waals surface area contributed by atoms with Crippen molar-refractivity contribution in [3.8, 4) is 11.5 Å². The van der Waals surface area contributed by atoms with Crippen LogP contribution in [0.1, 0.15) is 5.56 Å². The third-order valence-electron chi connectivity index (χ3n) is 3.02. The van der Waals surface area contributed by atoms with Gasteiger partial charge in [0.1, 0.15) is 16.7 Å². The molecule has 0 aliphatic heterocycles. The van der Waals surface area contributed by atoms with Crippen molar-refractivity contribution in [2.75, 3.05) is 0 Å². The summed E-state index contributed by atoms with van der Waals surface area (Å²) in [6.07, 6.45) is 1.70. The smallest absolute Gasteiger partial charge is 0.134 e. The Morgan fingerprint density at radius 3 is 2.65 bits per heavy atom. The van der Waals surface area contributed by atoms with E-state index < -0.39 is 0 Å². The molecule has 0 saturated heterocycles. The predicted molar refractivity (Wildman–Crippen MR) is 85.7 cm³/mol. The number of hydrogen-bond donors (Lipinski definition) is 0. The maximum atomic E-state index is 5.90. The molecule has 100 valence electrons. The zero-order chi connectivity index (χ0) is 14.1. The van der Waals surface area contributed by atoms with Gasteiger partial charge in [0.2, 0.25) is 0 Å². The molecular formula is C16H11BrClNO. The molecule has 0 bridgehead atoms. The average molecular weight is 349 g/mol. The number of ether oxygens (including phenoxy) is 1. The lowest BCUT2D eigenvalue weighted by molar-refractivity contribution is 0.479. The van der Waals surface area contributed by atoms with Gasteiger partial charge in [-0.1, -0.05) is 39.7 Å². The molecule has 0 aliphatic rings. The Balaban J connectivity index is 1.98. The van der Waals surface area contributed by atoms with Crippen LogP contribution in [0.15, 0.2) is 53.1 Å². The quantitative estimate of drug-likeness (QED) is 0.550. The van der Waals surface area contributed by atoms with Crippen LogP contribution in [0.25, 0.3) is 10.8 Å². The molecule has 0 radical (unpaired) electrons. The summed E-state index contributed by atoms with van der Waals surface area (Å²) in [4.78, 5) is 4.02. The summed E-state index contributed by atoms with van der Waals surface area (Å²) >= 11 is 9.37. The summed E-state index contributed by atoms with van der Waals surface area (Å²) in [5.74, 6) is 1.51. The van der Waals surface area contributed by atoms with E-state index >= 15 is 0 Å². The summed E-state index contributed by atoms with van der Waals surface area (Å²) in [7, 11) is 0. The van der Waals surface area contributed by atoms with E-state index in [2.05, 4.69) is 33.0 Å². The number of halogens is 2. The average Bonchev–Trinajstić information content (AvgIpc) is 2.43. The van der Waals surface area contributed by atoms with E-state index in [1.807, 2.05) is 31.2 Å². The Bertz CT molecular complexity index is 789. The first kappa shape index (κ1) is 13.4. The second kappa shape index (κ2) is 5.43. The first-order valence-electron chi connectivity index (χ1n) is 6.11. The third-order valence-corrected chi connectivity index (χ3v) is 3.72. The van der Waals surface area contributed by atoms with E-state index in [1.54, 1.807) is 12.3 Å². The summed E-state index contributed by atoms with van der Waals surface area (Å²) in [6.45, 7) is 1.94. The Morgan fingerprint density at radius 2 is 1.80 bits per heavy atom. The molecule has 0 fully saturated rings. The van der Waals surface area contributed by atoms with Crippen LogP contribution in [-0.4, -0.2) is 4.98 Å². The van der Waals surface area contributed by atoms with E-state index in [0.29, 0.717) is 5.15 Å². The number of benzene rings is 2. The van der Waals surface area contributed by atoms with Crippen LogP contribution < -0.4 is 4.74 Å². The van der Waals surface area contributed by atoms with E-state index in [0.717, 1.165) is 32.3 Å². The normalized spacial score (nSPS) is 10.8. The molecule has 0 unspecified atom stereocenters. The molecule has 0 spiro atoms. The molecule has 2 nitrogen and oxygen atoms in total. The minimum atomic E-state index is 0.426. The van der Waals surface area contributed by atoms with Gasteiger partial charge in [0.15, 0.2) is 0 Å². The van der Waals surface area contributed by atoms with E-state index in [-0.39, 0.29) is 0 Å². The van der Waals surface area contributed by atoms with Gasteiger partial charge in [-0.05, 0) is 42.0 Å². The van der Waals surface area contributed by atoms with Crippen molar-refractivity contribution in [1.29, 1.82) is 0 Å². The van der Waals surface area contributed by atoms with Crippen molar-refractivity contribution in [2.24, 2.45) is 0 Å². The minimum absolute atomic E-state index is 0.426. The number of nitrogens with zero attached hydrogens (tertiary/aromatic N) is 1. The lowest BCUT2D eigenvalue weighted by Gasteiger charge is -2.09. The van der Waals surface area contributed by atoms with Crippen LogP contribution in [0.3, 0.4) is 0 Å². The number of fused-ring (bicyclic) bond motifs is 1. The van der Waals surface area contributed by atoms with Crippen molar-refractivity contribution < 1.29 is 4.74 Å². The van der Waals surface area contributed by atoms with Gasteiger partial charge in [-0.25, -0.2) is 4.98 Å². The zero-order valence-electron chi connectivity index (χ0n) is 10.7. The van der Waals surface area contributed by atoms with Gasteiger partial charge in [-0.15, -0.1) is 0 Å². The number of aromatic nitrogens is 1. The highest BCUT2D eigenvalue weighted by Crippen LogP contribution is 2.29. The van der Waals surface area contributed by atoms with Crippen LogP contribution in [0, 0.1) is 6.92 Å². The van der Waals surface area contributed by atoms with Crippen LogP contribution >= 0.6 is 27.5 Å². The first-order chi connectivity index (χ1) is 9.61. The third kappa shape index (κ3) is 2.79. The van der Waals surface area contributed by atoms with Gasteiger partial charge >= 0.3 is 0 Å². The Morgan fingerprint density at radius 1 is 1.05 bits per heavy atom. The molecule has 0 aliphatic carbocycles. The van der Waals surface area contributed by atoms with Crippen molar-refractivity contribution >= 4 is 38.3 Å². The second-order valence-electron chi connectivity index (χ2n) is 4.53. The Hall–Kier alpha value is -1.58. The maximum Gasteiger partial charge on any atom is 0.134 e. The van der Waals surface area contributed by atoms with Gasteiger partial charge in [-0.3, -0.25) is 0 Å². The molecule has 3 rings (SSSR count). The van der Waals surface area contributed by atoms with E-state index in [9.17, 15) is 0 Å². The summed E-state index contributed by atoms with van der Waals surface area (Å²) in [6, 6.07) is 13.9. The molecule has 20 heavy (non-hydrogen) atoms. The highest BCUT2D eigenvalue weighted by Gasteiger charge is 2.04. The molecule has 0 amide bonds. The monoisotopic (exact) mass is 347 g/mol. The SMILES string of the molecule is Cc1cnc(Cl)cc1Oc1ccc2cc(Br)ccc2c1. The highest BCUT2D eigenvalue weighted by atomic mass is 79.9. The summed E-state index contributed by atoms with van der Waals surface area (Å²) in [5.41, 5.74) is 0.949. The van der Waals surface area contributed by atoms with Crippen LogP contribution in [0.4, 0.5) is 0 Å². The van der Waals surface area contributed by atoms with Gasteiger partial charge in [0.25, 0.3) is 0 Å². The molecule has 1 aromatic heterocycles. The van der Waals surface area contributed by atoms with Crippen molar-refractivity contribution in [3.05, 3.63) is 63.9 Å². The van der Waals surface area contributed by atoms with Crippen molar-refractivity contribution in [2.45, 2.75) is 6.92 Å². The lowest BCUT2D eigenvalue weighted by Crippen LogP contribution is -1.89. The topological polar surface area (TPSA) is 22.1 Å². The second-order valence-corrected chi connectivity index (χ2v) is 5.83. The van der Waals surface area contributed by atoms with Gasteiger partial charge in [0, 0.05) is 22.3 Å². The number of aryl methyl sites for hydroxylation is 1. The molecule has 0 atom stereocenters. The largest absolute Gasteiger partial charge is 0.457 e. The number of pyridine rings is 1. The Labute approximate surface area is 130 Å². The molecule has 4 heteroatoms. The summed E-state index contributed by atoms with van der Waals surface area (Å²) in [5, 5.41) is 2.72. The van der Waals surface area contributed by atoms with Crippen LogP contribution in [-0.2, 0) is 0 Å². The Kier molecular flexibility index (Phi) is 3.64. The predicted octanol–water partition coefficient (Wildman–Crippen LogP) is 5.75. The van der Waals surface area contributed by atoms with Crippen LogP contribution in [0.2, 0.25) is 5.15 Å². The van der Waals surface area contributed by atoms with Gasteiger partial charge in [-0.2, -0.15) is 0 Å². The van der Waals surface area contributed by atoms with E-state index in [4.69, 9.17) is 16.3 Å². The van der Waals surface area contributed by atoms with Crippen molar-refractivity contribution in [1.82, 2.24) is 4.98 Å². The molecule has 1 heterocycles. The molecule has 3 aromatic rings. The minimum Gasteiger partial charge on any atom is -0.457 e. The fourth-order valence-corrected chi connectivity index (χ4v) is 2.50. The molecule has 2 aromatic carbocycles. The van der Waals surface area contributed by atoms with Gasteiger partial charge in [0.05, 0.1) is 0 Å². The number of hydrogen-bond acceptors (Lipinski definition) is 2. The van der Waals surface area contributed by atoms with Crippen molar-refractivity contribution in [3.63, 3.8) is 0 Å². The fourth-order valence-electron chi connectivity index (χ4n) is 1.98. The summed E-state index contributed by atoms with van der Waals surface area (Å²) < 4.78 is 6.96. The highest BCUT2D eigenvalue weighted by molar-refractivity contribution is 9.10. The number of rotatable bonds is 2. The molecule has 0 saturated carbocycles. The molecular weight excluding hydrogens is 338 g/mol.